The van der Waals surface area contributed by atoms with Crippen molar-refractivity contribution in [2.45, 2.75) is 50.9 Å². The normalized spacial score (nSPS) is 29.5. The van der Waals surface area contributed by atoms with Crippen LogP contribution in [-0.4, -0.2) is 35.9 Å². The van der Waals surface area contributed by atoms with Crippen molar-refractivity contribution in [1.82, 2.24) is 0 Å². The predicted octanol–water partition coefficient (Wildman–Crippen LogP) is 3.23. The average Bonchev–Trinajstić information content (AvgIpc) is 2.65. The number of alkyl halides is 1. The second-order valence-electron chi connectivity index (χ2n) is 6.20. The topological polar surface area (TPSA) is 47.9 Å². The van der Waals surface area contributed by atoms with Crippen molar-refractivity contribution < 1.29 is 23.7 Å². The highest BCUT2D eigenvalue weighted by atomic mass is 19.1. The lowest BCUT2D eigenvalue weighted by atomic mass is 10.0. The van der Waals surface area contributed by atoms with Gasteiger partial charge in [-0.25, -0.2) is 4.39 Å². The van der Waals surface area contributed by atoms with Crippen LogP contribution in [0.3, 0.4) is 0 Å². The molecule has 0 aliphatic carbocycles. The molecule has 0 spiro atoms. The van der Waals surface area contributed by atoms with Gasteiger partial charge in [-0.1, -0.05) is 60.7 Å². The van der Waals surface area contributed by atoms with E-state index in [0.717, 1.165) is 11.1 Å². The maximum absolute atomic E-state index is 14.8. The van der Waals surface area contributed by atoms with E-state index in [0.29, 0.717) is 0 Å². The first-order valence-electron chi connectivity index (χ1n) is 8.44. The van der Waals surface area contributed by atoms with Gasteiger partial charge in [0.15, 0.2) is 12.5 Å². The second kappa shape index (κ2) is 8.54. The molecule has 1 aliphatic rings. The number of benzene rings is 2. The highest BCUT2D eigenvalue weighted by Crippen LogP contribution is 2.28. The summed E-state index contributed by atoms with van der Waals surface area (Å²) in [6.45, 7) is 2.15. The number of hydrogen-bond donors (Lipinski definition) is 1. The lowest BCUT2D eigenvalue weighted by molar-refractivity contribution is -0.290. The van der Waals surface area contributed by atoms with E-state index in [2.05, 4.69) is 0 Å². The van der Waals surface area contributed by atoms with Gasteiger partial charge in [0, 0.05) is 0 Å². The molecule has 1 N–H and O–H groups in total. The summed E-state index contributed by atoms with van der Waals surface area (Å²) in [4.78, 5) is 0. The van der Waals surface area contributed by atoms with E-state index >= 15 is 0 Å². The molecule has 2 aromatic rings. The molecular formula is C20H23FO4. The summed E-state index contributed by atoms with van der Waals surface area (Å²) in [5, 5.41) is 10.2. The smallest absolute Gasteiger partial charge is 0.192 e. The number of aliphatic hydroxyl groups excluding tert-OH is 1. The van der Waals surface area contributed by atoms with Crippen LogP contribution >= 0.6 is 0 Å². The Labute approximate surface area is 147 Å². The fraction of sp³-hybridized carbons (Fsp3) is 0.400. The van der Waals surface area contributed by atoms with E-state index in [4.69, 9.17) is 14.2 Å². The first-order valence-corrected chi connectivity index (χ1v) is 8.44. The zero-order valence-corrected chi connectivity index (χ0v) is 14.1. The van der Waals surface area contributed by atoms with E-state index in [1.165, 1.54) is 0 Å². The molecule has 1 heterocycles. The minimum Gasteiger partial charge on any atom is -0.388 e. The van der Waals surface area contributed by atoms with Gasteiger partial charge in [-0.3, -0.25) is 0 Å². The summed E-state index contributed by atoms with van der Waals surface area (Å²) in [6, 6.07) is 19.0. The molecular weight excluding hydrogens is 323 g/mol. The Morgan fingerprint density at radius 2 is 1.44 bits per heavy atom. The van der Waals surface area contributed by atoms with Crippen LogP contribution in [0.4, 0.5) is 4.39 Å². The summed E-state index contributed by atoms with van der Waals surface area (Å²) in [6.07, 6.45) is -5.26. The third-order valence-electron chi connectivity index (χ3n) is 4.28. The fourth-order valence-electron chi connectivity index (χ4n) is 2.82. The molecule has 0 amide bonds. The minimum absolute atomic E-state index is 0.223. The van der Waals surface area contributed by atoms with Gasteiger partial charge in [-0.15, -0.1) is 0 Å². The quantitative estimate of drug-likeness (QED) is 0.872. The van der Waals surface area contributed by atoms with Gasteiger partial charge in [-0.05, 0) is 18.1 Å². The summed E-state index contributed by atoms with van der Waals surface area (Å²) in [5.41, 5.74) is 1.85. The second-order valence-corrected chi connectivity index (χ2v) is 6.20. The Balaban J connectivity index is 1.61. The number of aliphatic hydroxyl groups is 1. The molecule has 5 heteroatoms. The van der Waals surface area contributed by atoms with Gasteiger partial charge >= 0.3 is 0 Å². The van der Waals surface area contributed by atoms with E-state index in [1.807, 2.05) is 60.7 Å². The maximum Gasteiger partial charge on any atom is 0.192 e. The number of halogens is 1. The summed E-state index contributed by atoms with van der Waals surface area (Å²) < 4.78 is 31.5. The maximum atomic E-state index is 14.8. The van der Waals surface area contributed by atoms with Crippen molar-refractivity contribution in [1.29, 1.82) is 0 Å². The van der Waals surface area contributed by atoms with E-state index < -0.39 is 30.8 Å². The number of hydrogen-bond acceptors (Lipinski definition) is 4. The predicted molar refractivity (Wildman–Crippen MR) is 91.5 cm³/mol. The molecule has 4 nitrogen and oxygen atoms in total. The fourth-order valence-corrected chi connectivity index (χ4v) is 2.82. The number of rotatable bonds is 6. The summed E-state index contributed by atoms with van der Waals surface area (Å²) >= 11 is 0. The third-order valence-corrected chi connectivity index (χ3v) is 4.28. The molecule has 25 heavy (non-hydrogen) atoms. The highest BCUT2D eigenvalue weighted by molar-refractivity contribution is 5.14. The van der Waals surface area contributed by atoms with Gasteiger partial charge < -0.3 is 19.3 Å². The van der Waals surface area contributed by atoms with Crippen LogP contribution in [0.15, 0.2) is 60.7 Å². The zero-order chi connectivity index (χ0) is 17.6. The van der Waals surface area contributed by atoms with Crippen LogP contribution in [0.5, 0.6) is 0 Å². The highest BCUT2D eigenvalue weighted by Gasteiger charge is 2.45. The van der Waals surface area contributed by atoms with Crippen molar-refractivity contribution in [3.63, 3.8) is 0 Å². The van der Waals surface area contributed by atoms with Crippen LogP contribution in [-0.2, 0) is 27.4 Å². The summed E-state index contributed by atoms with van der Waals surface area (Å²) in [7, 11) is 0. The van der Waals surface area contributed by atoms with Crippen LogP contribution in [0.25, 0.3) is 0 Å². The van der Waals surface area contributed by atoms with E-state index in [9.17, 15) is 9.50 Å². The Kier molecular flexibility index (Phi) is 6.15. The molecule has 0 radical (unpaired) electrons. The Hall–Kier alpha value is -1.79. The molecule has 2 aromatic carbocycles. The molecule has 0 aromatic heterocycles. The van der Waals surface area contributed by atoms with Gasteiger partial charge in [0.25, 0.3) is 0 Å². The van der Waals surface area contributed by atoms with Gasteiger partial charge in [0.1, 0.15) is 12.2 Å². The average molecular weight is 346 g/mol. The largest absolute Gasteiger partial charge is 0.388 e. The molecule has 3 rings (SSSR count). The molecule has 5 atom stereocenters. The zero-order valence-electron chi connectivity index (χ0n) is 14.1. The van der Waals surface area contributed by atoms with Crippen LogP contribution in [0, 0.1) is 0 Å². The first-order chi connectivity index (χ1) is 12.1. The van der Waals surface area contributed by atoms with Crippen LogP contribution in [0.1, 0.15) is 18.1 Å². The van der Waals surface area contributed by atoms with Crippen molar-refractivity contribution in [2.24, 2.45) is 0 Å². The molecule has 1 saturated heterocycles. The van der Waals surface area contributed by atoms with Gasteiger partial charge in [0.05, 0.1) is 19.3 Å². The van der Waals surface area contributed by atoms with Crippen LogP contribution in [0.2, 0.25) is 0 Å². The van der Waals surface area contributed by atoms with E-state index in [-0.39, 0.29) is 13.2 Å². The van der Waals surface area contributed by atoms with Gasteiger partial charge in [0.2, 0.25) is 0 Å². The molecule has 1 aliphatic heterocycles. The van der Waals surface area contributed by atoms with Crippen LogP contribution < -0.4 is 0 Å². The summed E-state index contributed by atoms with van der Waals surface area (Å²) in [5.74, 6) is 0. The Morgan fingerprint density at radius 1 is 0.920 bits per heavy atom. The first kappa shape index (κ1) is 18.0. The van der Waals surface area contributed by atoms with Crippen molar-refractivity contribution >= 4 is 0 Å². The molecule has 0 saturated carbocycles. The molecule has 1 fully saturated rings. The standard InChI is InChI=1S/C20H23FO4/c1-14-18(22)19(23-12-15-8-4-2-5-9-15)17(21)20(25-14)24-13-16-10-6-3-7-11-16/h2-11,14,17-20,22H,12-13H2,1H3. The molecule has 5 unspecified atom stereocenters. The SMILES string of the molecule is CC1OC(OCc2ccccc2)C(F)C(OCc2ccccc2)C1O. The molecule has 134 valence electrons. The monoisotopic (exact) mass is 346 g/mol. The lowest BCUT2D eigenvalue weighted by Gasteiger charge is -2.40. The third kappa shape index (κ3) is 4.64. The minimum atomic E-state index is -1.57. The van der Waals surface area contributed by atoms with E-state index in [1.54, 1.807) is 6.92 Å². The number of ether oxygens (including phenoxy) is 3. The Bertz CT molecular complexity index is 637. The van der Waals surface area contributed by atoms with Crippen molar-refractivity contribution in [2.75, 3.05) is 0 Å². The molecule has 0 bridgehead atoms. The van der Waals surface area contributed by atoms with Gasteiger partial charge in [-0.2, -0.15) is 0 Å². The lowest BCUT2D eigenvalue weighted by Crippen LogP contribution is -2.56. The van der Waals surface area contributed by atoms with Crippen molar-refractivity contribution in [3.8, 4) is 0 Å². The Morgan fingerprint density at radius 3 is 2.00 bits per heavy atom. The van der Waals surface area contributed by atoms with Crippen molar-refractivity contribution in [3.05, 3.63) is 71.8 Å².